The predicted octanol–water partition coefficient (Wildman–Crippen LogP) is 7.74. The molecule has 0 heterocycles. The number of benzene rings is 3. The first-order chi connectivity index (χ1) is 18.4. The molecular weight excluding hydrogens is 472 g/mol. The Hall–Kier alpha value is -2.64. The lowest BCUT2D eigenvalue weighted by Gasteiger charge is -2.37. The molecule has 1 heteroatoms. The van der Waals surface area contributed by atoms with Crippen LogP contribution in [0.5, 0.6) is 0 Å². The Balaban J connectivity index is 2.22. The summed E-state index contributed by atoms with van der Waals surface area (Å²) in [5.41, 5.74) is 10.4. The minimum atomic E-state index is -2.53. The van der Waals surface area contributed by atoms with E-state index in [2.05, 4.69) is 115 Å². The van der Waals surface area contributed by atoms with Crippen LogP contribution in [0, 0.1) is 0 Å². The fourth-order valence-electron chi connectivity index (χ4n) is 6.31. The zero-order valence-corrected chi connectivity index (χ0v) is 26.0. The fourth-order valence-corrected chi connectivity index (χ4v) is 11.6. The largest absolute Gasteiger partial charge is 0.176 e. The van der Waals surface area contributed by atoms with Crippen LogP contribution in [0.2, 0.25) is 0 Å². The van der Waals surface area contributed by atoms with E-state index < -0.39 is 8.07 Å². The van der Waals surface area contributed by atoms with Crippen LogP contribution in [0.25, 0.3) is 0 Å². The average molecular weight is 521 g/mol. The maximum absolute atomic E-state index is 2.60. The molecule has 1 aliphatic rings. The minimum Gasteiger partial charge on any atom is -0.0776 e. The van der Waals surface area contributed by atoms with Gasteiger partial charge in [0.15, 0.2) is 8.07 Å². The van der Waals surface area contributed by atoms with Crippen molar-refractivity contribution in [1.82, 2.24) is 0 Å². The predicted molar refractivity (Wildman–Crippen MR) is 171 cm³/mol. The first kappa shape index (κ1) is 28.4. The summed E-state index contributed by atoms with van der Waals surface area (Å²) in [4.78, 5) is 0. The molecule has 0 atom stereocenters. The third-order valence-corrected chi connectivity index (χ3v) is 13.5. The van der Waals surface area contributed by atoms with Gasteiger partial charge >= 0.3 is 0 Å². The lowest BCUT2D eigenvalue weighted by molar-refractivity contribution is 1.09. The Kier molecular flexibility index (Phi) is 9.31. The third-order valence-electron chi connectivity index (χ3n) is 8.74. The topological polar surface area (TPSA) is 0 Å². The molecule has 0 saturated carbocycles. The number of allylic oxidation sites excluding steroid dienone is 4. The van der Waals surface area contributed by atoms with E-state index in [0.717, 1.165) is 51.4 Å². The van der Waals surface area contributed by atoms with Gasteiger partial charge in [-0.1, -0.05) is 126 Å². The van der Waals surface area contributed by atoms with Crippen LogP contribution in [-0.2, 0) is 38.5 Å². The Morgan fingerprint density at radius 2 is 0.763 bits per heavy atom. The van der Waals surface area contributed by atoms with Crippen molar-refractivity contribution in [2.24, 2.45) is 0 Å². The molecule has 0 radical (unpaired) electrons. The van der Waals surface area contributed by atoms with Gasteiger partial charge in [-0.3, -0.25) is 0 Å². The standard InChI is InChI=1S/C37H48Si/c1-8-27-15-16-34(20-27)38(35-21-28(9-2)17-29(10-3)22-35,36-23-30(11-4)18-31(12-5)24-36)37-25-32(13-6)19-33(14-7)26-37/h15,17-26H,8-14,16H2,1-7H3. The molecule has 0 unspecified atom stereocenters. The van der Waals surface area contributed by atoms with Crippen molar-refractivity contribution < 1.29 is 0 Å². The van der Waals surface area contributed by atoms with E-state index in [1.54, 1.807) is 20.8 Å². The van der Waals surface area contributed by atoms with E-state index in [1.807, 2.05) is 0 Å². The molecule has 38 heavy (non-hydrogen) atoms. The third kappa shape index (κ3) is 5.41. The molecule has 0 fully saturated rings. The van der Waals surface area contributed by atoms with Crippen LogP contribution in [-0.4, -0.2) is 8.07 Å². The van der Waals surface area contributed by atoms with Crippen molar-refractivity contribution in [3.05, 3.63) is 111 Å². The second-order valence-electron chi connectivity index (χ2n) is 11.0. The smallest absolute Gasteiger partial charge is 0.0776 e. The Morgan fingerprint density at radius 1 is 0.447 bits per heavy atom. The van der Waals surface area contributed by atoms with Gasteiger partial charge < -0.3 is 0 Å². The number of hydrogen-bond acceptors (Lipinski definition) is 0. The second-order valence-corrected chi connectivity index (χ2v) is 14.9. The summed E-state index contributed by atoms with van der Waals surface area (Å²) >= 11 is 0. The molecule has 0 aliphatic heterocycles. The van der Waals surface area contributed by atoms with Gasteiger partial charge in [0, 0.05) is 0 Å². The van der Waals surface area contributed by atoms with Crippen molar-refractivity contribution >= 4 is 23.6 Å². The highest BCUT2D eigenvalue weighted by molar-refractivity contribution is 7.16. The summed E-state index contributed by atoms with van der Waals surface area (Å²) in [5.74, 6) is 0. The monoisotopic (exact) mass is 520 g/mol. The van der Waals surface area contributed by atoms with Gasteiger partial charge in [-0.15, -0.1) is 0 Å². The maximum Gasteiger partial charge on any atom is 0.176 e. The summed E-state index contributed by atoms with van der Waals surface area (Å²) in [6.45, 7) is 16.2. The highest BCUT2D eigenvalue weighted by atomic mass is 28.3. The zero-order valence-electron chi connectivity index (χ0n) is 25.0. The molecule has 1 aliphatic carbocycles. The van der Waals surface area contributed by atoms with E-state index in [0.29, 0.717) is 0 Å². The van der Waals surface area contributed by atoms with E-state index >= 15 is 0 Å². The van der Waals surface area contributed by atoms with Crippen LogP contribution in [0.4, 0.5) is 0 Å². The van der Waals surface area contributed by atoms with Crippen LogP contribution in [0.1, 0.15) is 94.7 Å². The zero-order chi connectivity index (χ0) is 27.3. The molecule has 4 rings (SSSR count). The van der Waals surface area contributed by atoms with Crippen LogP contribution in [0.3, 0.4) is 0 Å². The quantitative estimate of drug-likeness (QED) is 0.179. The molecule has 0 bridgehead atoms. The van der Waals surface area contributed by atoms with Gasteiger partial charge in [-0.2, -0.15) is 0 Å². The summed E-state index contributed by atoms with van der Waals surface area (Å²) in [7, 11) is -2.53. The lowest BCUT2D eigenvalue weighted by atomic mass is 10.1. The molecule has 0 aromatic heterocycles. The number of hydrogen-bond donors (Lipinski definition) is 0. The first-order valence-corrected chi connectivity index (χ1v) is 17.2. The molecule has 200 valence electrons. The second kappa shape index (κ2) is 12.5. The lowest BCUT2D eigenvalue weighted by Crippen LogP contribution is -2.69. The van der Waals surface area contributed by atoms with E-state index in [9.17, 15) is 0 Å². The van der Waals surface area contributed by atoms with Crippen molar-refractivity contribution in [3.8, 4) is 0 Å². The molecular formula is C37H48Si. The van der Waals surface area contributed by atoms with Crippen molar-refractivity contribution in [2.75, 3.05) is 0 Å². The van der Waals surface area contributed by atoms with Gasteiger partial charge in [0.2, 0.25) is 0 Å². The van der Waals surface area contributed by atoms with Gasteiger partial charge in [-0.05, 0) is 100 Å². The SMILES string of the molecule is CCC1=CCC([Si](c2cc(CC)cc(CC)c2)(c2cc(CC)cc(CC)c2)c2cc(CC)cc(CC)c2)=C1. The van der Waals surface area contributed by atoms with Crippen molar-refractivity contribution in [3.63, 3.8) is 0 Å². The molecule has 0 N–H and O–H groups in total. The van der Waals surface area contributed by atoms with Gasteiger partial charge in [-0.25, -0.2) is 0 Å². The van der Waals surface area contributed by atoms with Gasteiger partial charge in [0.25, 0.3) is 0 Å². The summed E-state index contributed by atoms with van der Waals surface area (Å²) in [6.07, 6.45) is 13.7. The van der Waals surface area contributed by atoms with Crippen molar-refractivity contribution in [2.45, 2.75) is 99.8 Å². The normalized spacial score (nSPS) is 13.6. The highest BCUT2D eigenvalue weighted by Gasteiger charge is 2.44. The summed E-state index contributed by atoms with van der Waals surface area (Å²) in [6, 6.07) is 22.9. The summed E-state index contributed by atoms with van der Waals surface area (Å²) < 4.78 is 0. The van der Waals surface area contributed by atoms with Crippen LogP contribution < -0.4 is 15.6 Å². The maximum atomic E-state index is 2.60. The molecule has 0 amide bonds. The molecule has 3 aromatic rings. The fraction of sp³-hybridized carbons (Fsp3) is 0.405. The highest BCUT2D eigenvalue weighted by Crippen LogP contribution is 2.30. The summed E-state index contributed by atoms with van der Waals surface area (Å²) in [5, 5.41) is 6.40. The molecule has 0 saturated heterocycles. The minimum absolute atomic E-state index is 1.07. The van der Waals surface area contributed by atoms with E-state index in [1.165, 1.54) is 39.0 Å². The van der Waals surface area contributed by atoms with E-state index in [4.69, 9.17) is 0 Å². The number of aryl methyl sites for hydroxylation is 6. The molecule has 0 nitrogen and oxygen atoms in total. The van der Waals surface area contributed by atoms with Crippen molar-refractivity contribution in [1.29, 1.82) is 0 Å². The van der Waals surface area contributed by atoms with Crippen LogP contribution in [0.15, 0.2) is 77.5 Å². The molecule has 0 spiro atoms. The number of rotatable bonds is 11. The van der Waals surface area contributed by atoms with Crippen LogP contribution >= 0.6 is 0 Å². The Bertz CT molecular complexity index is 1140. The van der Waals surface area contributed by atoms with Gasteiger partial charge in [0.05, 0.1) is 0 Å². The molecule has 3 aromatic carbocycles. The Labute approximate surface area is 233 Å². The average Bonchev–Trinajstić information content (AvgIpc) is 3.46. The van der Waals surface area contributed by atoms with Gasteiger partial charge in [0.1, 0.15) is 0 Å². The first-order valence-electron chi connectivity index (χ1n) is 15.2. The Morgan fingerprint density at radius 3 is 1.00 bits per heavy atom. The van der Waals surface area contributed by atoms with E-state index in [-0.39, 0.29) is 0 Å².